The van der Waals surface area contributed by atoms with Crippen molar-refractivity contribution in [2.24, 2.45) is 0 Å². The molecule has 0 saturated carbocycles. The fraction of sp³-hybridized carbons (Fsp3) is 0.192. The van der Waals surface area contributed by atoms with Gasteiger partial charge in [0.15, 0.2) is 0 Å². The molecule has 4 rings (SSSR count). The van der Waals surface area contributed by atoms with Gasteiger partial charge in [-0.25, -0.2) is 0 Å². The van der Waals surface area contributed by atoms with Crippen LogP contribution in [0.4, 0.5) is 5.69 Å². The molecule has 1 aromatic heterocycles. The van der Waals surface area contributed by atoms with Crippen LogP contribution in [0.5, 0.6) is 5.75 Å². The van der Waals surface area contributed by atoms with Gasteiger partial charge in [-0.05, 0) is 73.9 Å². The van der Waals surface area contributed by atoms with Gasteiger partial charge in [-0.2, -0.15) is 0 Å². The number of carbonyl (C=O) groups is 2. The van der Waals surface area contributed by atoms with Crippen LogP contribution in [0.3, 0.4) is 0 Å². The van der Waals surface area contributed by atoms with Crippen LogP contribution in [-0.2, 0) is 9.59 Å². The lowest BCUT2D eigenvalue weighted by atomic mass is 9.96. The summed E-state index contributed by atoms with van der Waals surface area (Å²) in [7, 11) is 0. The van der Waals surface area contributed by atoms with E-state index in [2.05, 4.69) is 4.98 Å². The van der Waals surface area contributed by atoms with E-state index in [-0.39, 0.29) is 11.3 Å². The lowest BCUT2D eigenvalue weighted by Crippen LogP contribution is -2.29. The molecule has 0 bridgehead atoms. The Morgan fingerprint density at radius 3 is 2.58 bits per heavy atom. The Bertz CT molecular complexity index is 1270. The summed E-state index contributed by atoms with van der Waals surface area (Å²) < 4.78 is 5.53. The molecular formula is C26H23ClN2O4. The molecule has 2 aromatic carbocycles. The van der Waals surface area contributed by atoms with Crippen molar-refractivity contribution in [3.05, 3.63) is 93.8 Å². The number of aliphatic hydroxyl groups excluding tert-OH is 1. The summed E-state index contributed by atoms with van der Waals surface area (Å²) >= 11 is 6.19. The third-order valence-corrected chi connectivity index (χ3v) is 6.03. The van der Waals surface area contributed by atoms with Gasteiger partial charge in [0.2, 0.25) is 0 Å². The molecule has 168 valence electrons. The standard InChI is InChI=1S/C26H23ClN2O4/c1-4-33-21-13-17(8-10-20(21)27)24(30)22-23(18-6-5-11-28-14-18)29(26(32)25(22)31)19-9-7-15(2)16(3)12-19/h5-14,23,30H,4H2,1-3H3/b24-22+. The Kier molecular flexibility index (Phi) is 6.20. The second-order valence-electron chi connectivity index (χ2n) is 7.80. The maximum atomic E-state index is 13.2. The number of Topliss-reactive ketones (excluding diaryl/α,β-unsaturated/α-hetero) is 1. The van der Waals surface area contributed by atoms with Gasteiger partial charge in [0, 0.05) is 23.6 Å². The van der Waals surface area contributed by atoms with E-state index >= 15 is 0 Å². The number of rotatable bonds is 5. The molecule has 0 spiro atoms. The average molecular weight is 463 g/mol. The highest BCUT2D eigenvalue weighted by Gasteiger charge is 2.47. The van der Waals surface area contributed by atoms with E-state index in [4.69, 9.17) is 16.3 Å². The van der Waals surface area contributed by atoms with Crippen molar-refractivity contribution in [1.29, 1.82) is 0 Å². The normalized spacial score (nSPS) is 17.5. The number of benzene rings is 2. The smallest absolute Gasteiger partial charge is 0.300 e. The maximum Gasteiger partial charge on any atom is 0.300 e. The maximum absolute atomic E-state index is 13.2. The molecule has 3 aromatic rings. The van der Waals surface area contributed by atoms with Gasteiger partial charge < -0.3 is 9.84 Å². The number of hydrogen-bond acceptors (Lipinski definition) is 5. The quantitative estimate of drug-likeness (QED) is 0.313. The number of aryl methyl sites for hydroxylation is 2. The highest BCUT2D eigenvalue weighted by molar-refractivity contribution is 6.51. The topological polar surface area (TPSA) is 79.7 Å². The van der Waals surface area contributed by atoms with Crippen LogP contribution < -0.4 is 9.64 Å². The highest BCUT2D eigenvalue weighted by atomic mass is 35.5. The van der Waals surface area contributed by atoms with Gasteiger partial charge in [-0.15, -0.1) is 0 Å². The minimum absolute atomic E-state index is 0.0176. The predicted molar refractivity (Wildman–Crippen MR) is 128 cm³/mol. The van der Waals surface area contributed by atoms with Crippen molar-refractivity contribution in [3.63, 3.8) is 0 Å². The zero-order valence-corrected chi connectivity index (χ0v) is 19.3. The van der Waals surface area contributed by atoms with E-state index in [1.165, 1.54) is 4.90 Å². The van der Waals surface area contributed by atoms with Crippen molar-refractivity contribution in [2.75, 3.05) is 11.5 Å². The Morgan fingerprint density at radius 2 is 1.91 bits per heavy atom. The van der Waals surface area contributed by atoms with E-state index in [0.29, 0.717) is 34.2 Å². The Balaban J connectivity index is 1.93. The summed E-state index contributed by atoms with van der Waals surface area (Å²) in [6.07, 6.45) is 3.20. The molecule has 1 aliphatic heterocycles. The van der Waals surface area contributed by atoms with Gasteiger partial charge in [0.05, 0.1) is 23.2 Å². The van der Waals surface area contributed by atoms with Gasteiger partial charge in [0.1, 0.15) is 11.5 Å². The first-order chi connectivity index (χ1) is 15.8. The molecule has 0 aliphatic carbocycles. The molecule has 0 radical (unpaired) electrons. The number of halogens is 1. The van der Waals surface area contributed by atoms with Crippen LogP contribution >= 0.6 is 11.6 Å². The van der Waals surface area contributed by atoms with E-state index in [0.717, 1.165) is 11.1 Å². The third kappa shape index (κ3) is 4.10. The minimum atomic E-state index is -0.841. The summed E-state index contributed by atoms with van der Waals surface area (Å²) in [5.41, 5.74) is 3.54. The molecule has 33 heavy (non-hydrogen) atoms. The molecule has 1 fully saturated rings. The number of ketones is 1. The van der Waals surface area contributed by atoms with Crippen LogP contribution in [0.2, 0.25) is 5.02 Å². The van der Waals surface area contributed by atoms with Crippen LogP contribution in [-0.4, -0.2) is 28.4 Å². The number of pyridine rings is 1. The fourth-order valence-electron chi connectivity index (χ4n) is 3.90. The average Bonchev–Trinajstić information content (AvgIpc) is 3.08. The second kappa shape index (κ2) is 9.08. The third-order valence-electron chi connectivity index (χ3n) is 5.72. The molecular weight excluding hydrogens is 440 g/mol. The van der Waals surface area contributed by atoms with E-state index in [9.17, 15) is 14.7 Å². The zero-order chi connectivity index (χ0) is 23.7. The summed E-state index contributed by atoms with van der Waals surface area (Å²) in [6.45, 7) is 6.12. The number of nitrogens with zero attached hydrogens (tertiary/aromatic N) is 2. The number of aliphatic hydroxyl groups is 1. The monoisotopic (exact) mass is 462 g/mol. The van der Waals surface area contributed by atoms with Gasteiger partial charge in [0.25, 0.3) is 11.7 Å². The molecule has 1 amide bonds. The number of anilines is 1. The summed E-state index contributed by atoms with van der Waals surface area (Å²) in [5.74, 6) is -1.41. The summed E-state index contributed by atoms with van der Waals surface area (Å²) in [6, 6.07) is 13.0. The molecule has 2 heterocycles. The van der Waals surface area contributed by atoms with Gasteiger partial charge >= 0.3 is 0 Å². The van der Waals surface area contributed by atoms with E-state index < -0.39 is 17.7 Å². The highest BCUT2D eigenvalue weighted by Crippen LogP contribution is 2.42. The van der Waals surface area contributed by atoms with Crippen molar-refractivity contribution in [3.8, 4) is 5.75 Å². The number of carbonyl (C=O) groups excluding carboxylic acids is 2. The first kappa shape index (κ1) is 22.6. The van der Waals surface area contributed by atoms with Crippen molar-refractivity contribution in [1.82, 2.24) is 4.98 Å². The van der Waals surface area contributed by atoms with Gasteiger partial charge in [-0.3, -0.25) is 19.5 Å². The van der Waals surface area contributed by atoms with Crippen LogP contribution in [0.15, 0.2) is 66.5 Å². The Morgan fingerprint density at radius 1 is 1.12 bits per heavy atom. The van der Waals surface area contributed by atoms with E-state index in [1.807, 2.05) is 32.9 Å². The molecule has 1 saturated heterocycles. The number of ether oxygens (including phenoxy) is 1. The largest absolute Gasteiger partial charge is 0.507 e. The summed E-state index contributed by atoms with van der Waals surface area (Å²) in [5, 5.41) is 11.6. The lowest BCUT2D eigenvalue weighted by molar-refractivity contribution is -0.132. The second-order valence-corrected chi connectivity index (χ2v) is 8.21. The van der Waals surface area contributed by atoms with Crippen LogP contribution in [0, 0.1) is 13.8 Å². The number of aromatic nitrogens is 1. The van der Waals surface area contributed by atoms with Gasteiger partial charge in [-0.1, -0.05) is 23.7 Å². The SMILES string of the molecule is CCOc1cc(/C(O)=C2\C(=O)C(=O)N(c3ccc(C)c(C)c3)C2c2cccnc2)ccc1Cl. The molecule has 1 N–H and O–H groups in total. The van der Waals surface area contributed by atoms with Crippen molar-refractivity contribution >= 4 is 34.7 Å². The number of hydrogen-bond donors (Lipinski definition) is 1. The number of amides is 1. The van der Waals surface area contributed by atoms with Crippen molar-refractivity contribution in [2.45, 2.75) is 26.8 Å². The Labute approximate surface area is 197 Å². The first-order valence-corrected chi connectivity index (χ1v) is 10.9. The summed E-state index contributed by atoms with van der Waals surface area (Å²) in [4.78, 5) is 32.0. The lowest BCUT2D eigenvalue weighted by Gasteiger charge is -2.25. The molecule has 6 nitrogen and oxygen atoms in total. The molecule has 1 aliphatic rings. The zero-order valence-electron chi connectivity index (χ0n) is 18.5. The molecule has 1 unspecified atom stereocenters. The fourth-order valence-corrected chi connectivity index (χ4v) is 4.07. The van der Waals surface area contributed by atoms with Crippen LogP contribution in [0.1, 0.15) is 35.2 Å². The first-order valence-electron chi connectivity index (χ1n) is 10.5. The van der Waals surface area contributed by atoms with Crippen LogP contribution in [0.25, 0.3) is 5.76 Å². The molecule has 1 atom stereocenters. The van der Waals surface area contributed by atoms with Crippen molar-refractivity contribution < 1.29 is 19.4 Å². The Hall–Kier alpha value is -3.64. The van der Waals surface area contributed by atoms with E-state index in [1.54, 1.807) is 48.8 Å². The molecule has 7 heteroatoms. The predicted octanol–water partition coefficient (Wildman–Crippen LogP) is 5.38. The minimum Gasteiger partial charge on any atom is -0.507 e.